The fraction of sp³-hybridized carbons (Fsp3) is 0.300. The zero-order valence-electron chi connectivity index (χ0n) is 15.9. The third kappa shape index (κ3) is 3.12. The Kier molecular flexibility index (Phi) is 4.35. The number of nitrogens with zero attached hydrogens (tertiary/aromatic N) is 4. The predicted molar refractivity (Wildman–Crippen MR) is 103 cm³/mol. The maximum Gasteiger partial charge on any atom is 0.244 e. The number of aromatic nitrogens is 3. The van der Waals surface area contributed by atoms with Crippen molar-refractivity contribution in [3.05, 3.63) is 65.6 Å². The van der Waals surface area contributed by atoms with Gasteiger partial charge in [-0.3, -0.25) is 0 Å². The molecule has 0 radical (unpaired) electrons. The van der Waals surface area contributed by atoms with Gasteiger partial charge in [0.2, 0.25) is 10.0 Å². The number of sulfonamides is 1. The lowest BCUT2D eigenvalue weighted by Crippen LogP contribution is -2.44. The molecule has 0 fully saturated rings. The standard InChI is InChI=1S/C20H21FN4O2S/c1-20(2,3)25-13-17-19(16-11-15(21)9-10-18(16)28(25,26)27)24(23-22-17)12-14-7-5-4-6-8-14/h4-11H,12-13H2,1-3H3. The lowest BCUT2D eigenvalue weighted by Gasteiger charge is -2.33. The monoisotopic (exact) mass is 400 g/mol. The van der Waals surface area contributed by atoms with Crippen molar-refractivity contribution in [1.82, 2.24) is 19.3 Å². The second kappa shape index (κ2) is 6.49. The van der Waals surface area contributed by atoms with E-state index in [9.17, 15) is 12.8 Å². The predicted octanol–water partition coefficient (Wildman–Crippen LogP) is 3.44. The zero-order valence-corrected chi connectivity index (χ0v) is 16.7. The zero-order chi connectivity index (χ0) is 20.1. The van der Waals surface area contributed by atoms with Crippen LogP contribution < -0.4 is 0 Å². The summed E-state index contributed by atoms with van der Waals surface area (Å²) in [5.41, 5.74) is 1.66. The van der Waals surface area contributed by atoms with E-state index in [4.69, 9.17) is 0 Å². The molecule has 2 aromatic carbocycles. The Balaban J connectivity index is 1.96. The van der Waals surface area contributed by atoms with Crippen LogP contribution >= 0.6 is 0 Å². The first kappa shape index (κ1) is 18.8. The molecule has 8 heteroatoms. The number of hydrogen-bond acceptors (Lipinski definition) is 4. The van der Waals surface area contributed by atoms with Crippen LogP contribution in [0.3, 0.4) is 0 Å². The second-order valence-corrected chi connectivity index (χ2v) is 9.68. The van der Waals surface area contributed by atoms with Crippen LogP contribution in [-0.4, -0.2) is 33.3 Å². The van der Waals surface area contributed by atoms with Crippen LogP contribution in [0.4, 0.5) is 4.39 Å². The van der Waals surface area contributed by atoms with Gasteiger partial charge in [0, 0.05) is 11.1 Å². The van der Waals surface area contributed by atoms with E-state index >= 15 is 0 Å². The average molecular weight is 400 g/mol. The summed E-state index contributed by atoms with van der Waals surface area (Å²) in [6.45, 7) is 5.97. The van der Waals surface area contributed by atoms with Gasteiger partial charge in [0.25, 0.3) is 0 Å². The quantitative estimate of drug-likeness (QED) is 0.661. The molecule has 0 bridgehead atoms. The van der Waals surface area contributed by atoms with Gasteiger partial charge in [-0.15, -0.1) is 5.10 Å². The van der Waals surface area contributed by atoms with Crippen LogP contribution in [0.25, 0.3) is 11.3 Å². The first-order valence-corrected chi connectivity index (χ1v) is 10.4. The Labute approximate surface area is 163 Å². The van der Waals surface area contributed by atoms with Crippen LogP contribution in [0.5, 0.6) is 0 Å². The van der Waals surface area contributed by atoms with E-state index in [-0.39, 0.29) is 11.4 Å². The SMILES string of the molecule is CC(C)(C)N1Cc2nnn(Cc3ccccc3)c2-c2cc(F)ccc2S1(=O)=O. The van der Waals surface area contributed by atoms with Gasteiger partial charge in [-0.25, -0.2) is 17.5 Å². The number of hydrogen-bond donors (Lipinski definition) is 0. The molecular formula is C20H21FN4O2S. The van der Waals surface area contributed by atoms with Crippen LogP contribution in [-0.2, 0) is 23.1 Å². The maximum atomic E-state index is 14.1. The minimum absolute atomic E-state index is 0.0687. The molecule has 0 amide bonds. The van der Waals surface area contributed by atoms with Gasteiger partial charge in [-0.2, -0.15) is 4.31 Å². The summed E-state index contributed by atoms with van der Waals surface area (Å²) < 4.78 is 43.9. The number of fused-ring (bicyclic) bond motifs is 3. The molecule has 0 N–H and O–H groups in total. The Morgan fingerprint density at radius 3 is 2.50 bits per heavy atom. The van der Waals surface area contributed by atoms with Crippen LogP contribution in [0.15, 0.2) is 53.4 Å². The lowest BCUT2D eigenvalue weighted by molar-refractivity contribution is 0.241. The van der Waals surface area contributed by atoms with E-state index in [2.05, 4.69) is 10.3 Å². The highest BCUT2D eigenvalue weighted by molar-refractivity contribution is 7.89. The smallest absolute Gasteiger partial charge is 0.240 e. The molecule has 28 heavy (non-hydrogen) atoms. The van der Waals surface area contributed by atoms with Crippen molar-refractivity contribution in [2.24, 2.45) is 0 Å². The number of rotatable bonds is 2. The summed E-state index contributed by atoms with van der Waals surface area (Å²) in [6, 6.07) is 13.4. The van der Waals surface area contributed by atoms with Crippen molar-refractivity contribution in [3.63, 3.8) is 0 Å². The summed E-state index contributed by atoms with van der Waals surface area (Å²) in [4.78, 5) is 0.0687. The summed E-state index contributed by atoms with van der Waals surface area (Å²) in [6.07, 6.45) is 0. The van der Waals surface area contributed by atoms with E-state index in [0.717, 1.165) is 5.56 Å². The maximum absolute atomic E-state index is 14.1. The van der Waals surface area contributed by atoms with Gasteiger partial charge >= 0.3 is 0 Å². The van der Waals surface area contributed by atoms with E-state index in [1.807, 2.05) is 51.1 Å². The molecule has 6 nitrogen and oxygen atoms in total. The highest BCUT2D eigenvalue weighted by Gasteiger charge is 2.40. The second-order valence-electron chi connectivity index (χ2n) is 7.85. The molecule has 4 rings (SSSR count). The molecule has 0 saturated heterocycles. The van der Waals surface area contributed by atoms with E-state index < -0.39 is 21.4 Å². The summed E-state index contributed by atoms with van der Waals surface area (Å²) in [7, 11) is -3.84. The Bertz CT molecular complexity index is 1130. The van der Waals surface area contributed by atoms with Gasteiger partial charge < -0.3 is 0 Å². The van der Waals surface area contributed by atoms with Crippen molar-refractivity contribution < 1.29 is 12.8 Å². The molecule has 0 atom stereocenters. The Morgan fingerprint density at radius 1 is 1.11 bits per heavy atom. The van der Waals surface area contributed by atoms with E-state index in [1.54, 1.807) is 4.68 Å². The van der Waals surface area contributed by atoms with E-state index in [0.29, 0.717) is 23.5 Å². The topological polar surface area (TPSA) is 68.1 Å². The largest absolute Gasteiger partial charge is 0.244 e. The minimum Gasteiger partial charge on any atom is -0.240 e. The lowest BCUT2D eigenvalue weighted by atomic mass is 10.1. The van der Waals surface area contributed by atoms with Gasteiger partial charge in [0.05, 0.1) is 23.7 Å². The number of benzene rings is 2. The fourth-order valence-corrected chi connectivity index (χ4v) is 5.39. The third-order valence-electron chi connectivity index (χ3n) is 4.79. The van der Waals surface area contributed by atoms with Crippen molar-refractivity contribution in [2.75, 3.05) is 0 Å². The molecule has 0 unspecified atom stereocenters. The molecule has 0 saturated carbocycles. The third-order valence-corrected chi connectivity index (χ3v) is 6.96. The normalized spacial score (nSPS) is 16.3. The van der Waals surface area contributed by atoms with Crippen LogP contribution in [0, 0.1) is 5.82 Å². The van der Waals surface area contributed by atoms with Crippen molar-refractivity contribution in [1.29, 1.82) is 0 Å². The molecule has 146 valence electrons. The summed E-state index contributed by atoms with van der Waals surface area (Å²) in [5, 5.41) is 8.51. The van der Waals surface area contributed by atoms with E-state index in [1.165, 1.54) is 22.5 Å². The van der Waals surface area contributed by atoms with Gasteiger partial charge in [0.15, 0.2) is 0 Å². The highest BCUT2D eigenvalue weighted by Crippen LogP contribution is 2.39. The van der Waals surface area contributed by atoms with Crippen molar-refractivity contribution in [3.8, 4) is 11.3 Å². The number of halogens is 1. The average Bonchev–Trinajstić information content (AvgIpc) is 2.97. The Morgan fingerprint density at radius 2 is 1.82 bits per heavy atom. The van der Waals surface area contributed by atoms with Gasteiger partial charge in [-0.05, 0) is 44.5 Å². The molecule has 0 aliphatic carbocycles. The molecule has 1 aromatic heterocycles. The fourth-order valence-electron chi connectivity index (χ4n) is 3.47. The summed E-state index contributed by atoms with van der Waals surface area (Å²) in [5.74, 6) is -0.503. The first-order valence-electron chi connectivity index (χ1n) is 8.97. The van der Waals surface area contributed by atoms with Crippen molar-refractivity contribution >= 4 is 10.0 Å². The molecule has 3 aromatic rings. The minimum atomic E-state index is -3.84. The van der Waals surface area contributed by atoms with Crippen LogP contribution in [0.1, 0.15) is 32.0 Å². The molecule has 1 aliphatic heterocycles. The van der Waals surface area contributed by atoms with Gasteiger partial charge in [-0.1, -0.05) is 35.5 Å². The first-order chi connectivity index (χ1) is 13.2. The highest BCUT2D eigenvalue weighted by atomic mass is 32.2. The molecule has 0 spiro atoms. The molecule has 2 heterocycles. The van der Waals surface area contributed by atoms with Crippen LogP contribution in [0.2, 0.25) is 0 Å². The van der Waals surface area contributed by atoms with Gasteiger partial charge in [0.1, 0.15) is 11.5 Å². The molecule has 1 aliphatic rings. The summed E-state index contributed by atoms with van der Waals surface area (Å²) >= 11 is 0. The van der Waals surface area contributed by atoms with Crippen molar-refractivity contribution in [2.45, 2.75) is 44.3 Å². The molecular weight excluding hydrogens is 379 g/mol. The Hall–Kier alpha value is -2.58.